The minimum absolute atomic E-state index is 0.0257. The number of nitrogens with zero attached hydrogens (tertiary/aromatic N) is 1. The molecule has 1 unspecified atom stereocenters. The Morgan fingerprint density at radius 3 is 2.48 bits per heavy atom. The van der Waals surface area contributed by atoms with E-state index >= 15 is 0 Å². The molecule has 0 saturated carbocycles. The van der Waals surface area contributed by atoms with E-state index in [4.69, 9.17) is 10.5 Å². The van der Waals surface area contributed by atoms with Crippen LogP contribution >= 0.6 is 0 Å². The number of ether oxygens (including phenoxy) is 1. The highest BCUT2D eigenvalue weighted by Crippen LogP contribution is 2.26. The van der Waals surface area contributed by atoms with Gasteiger partial charge in [0.1, 0.15) is 11.8 Å². The average molecular weight is 347 g/mol. The first kappa shape index (κ1) is 19.2. The zero-order valence-corrected chi connectivity index (χ0v) is 15.4. The molecule has 1 aromatic rings. The highest BCUT2D eigenvalue weighted by atomic mass is 16.5. The monoisotopic (exact) mass is 347 g/mol. The second-order valence-electron chi connectivity index (χ2n) is 6.61. The number of nitrogens with one attached hydrogen (secondary N) is 1. The van der Waals surface area contributed by atoms with Gasteiger partial charge in [0, 0.05) is 19.6 Å². The number of carbonyl (C=O) groups is 2. The van der Waals surface area contributed by atoms with Crippen molar-refractivity contribution < 1.29 is 14.3 Å². The number of likely N-dealkylation sites (tertiary alicyclic amines) is 1. The van der Waals surface area contributed by atoms with E-state index in [2.05, 4.69) is 5.32 Å². The lowest BCUT2D eigenvalue weighted by Gasteiger charge is -2.29. The zero-order valence-electron chi connectivity index (χ0n) is 15.4. The van der Waals surface area contributed by atoms with Crippen LogP contribution in [-0.4, -0.2) is 43.0 Å². The quantitative estimate of drug-likeness (QED) is 0.749. The molecule has 0 spiro atoms. The van der Waals surface area contributed by atoms with Gasteiger partial charge in [-0.2, -0.15) is 0 Å². The molecule has 1 aliphatic rings. The number of amides is 2. The van der Waals surface area contributed by atoms with E-state index in [1.807, 2.05) is 38.1 Å². The molecule has 1 atom stereocenters. The Balaban J connectivity index is 1.97. The highest BCUT2D eigenvalue weighted by molar-refractivity contribution is 5.91. The number of nitrogens with two attached hydrogens (primary N) is 1. The van der Waals surface area contributed by atoms with Crippen molar-refractivity contribution in [3.63, 3.8) is 0 Å². The summed E-state index contributed by atoms with van der Waals surface area (Å²) in [7, 11) is 1.63. The summed E-state index contributed by atoms with van der Waals surface area (Å²) in [5, 5.41) is 2.93. The van der Waals surface area contributed by atoms with Crippen LogP contribution in [0.2, 0.25) is 0 Å². The van der Waals surface area contributed by atoms with Gasteiger partial charge < -0.3 is 20.7 Å². The lowest BCUT2D eigenvalue weighted by atomic mass is 9.81. The van der Waals surface area contributed by atoms with Crippen LogP contribution in [0.3, 0.4) is 0 Å². The van der Waals surface area contributed by atoms with Gasteiger partial charge in [0.2, 0.25) is 11.8 Å². The zero-order chi connectivity index (χ0) is 18.4. The summed E-state index contributed by atoms with van der Waals surface area (Å²) in [6.45, 7) is 5.40. The Kier molecular flexibility index (Phi) is 6.42. The van der Waals surface area contributed by atoms with Crippen LogP contribution in [0.15, 0.2) is 24.3 Å². The SMILES string of the molecule is CCC(CC)(CN)C(=O)NC1CCN(Cc2ccc(OC)cc2)C1=O. The van der Waals surface area contributed by atoms with Gasteiger partial charge in [-0.05, 0) is 37.0 Å². The fraction of sp³-hybridized carbons (Fsp3) is 0.579. The molecule has 2 rings (SSSR count). The third-order valence-corrected chi connectivity index (χ3v) is 5.36. The molecule has 3 N–H and O–H groups in total. The predicted octanol–water partition coefficient (Wildman–Crippen LogP) is 1.68. The lowest BCUT2D eigenvalue weighted by molar-refractivity contribution is -0.137. The molecule has 2 amide bonds. The Hall–Kier alpha value is -2.08. The van der Waals surface area contributed by atoms with Crippen molar-refractivity contribution in [3.05, 3.63) is 29.8 Å². The molecule has 6 heteroatoms. The van der Waals surface area contributed by atoms with Gasteiger partial charge in [-0.25, -0.2) is 0 Å². The van der Waals surface area contributed by atoms with E-state index in [9.17, 15) is 9.59 Å². The summed E-state index contributed by atoms with van der Waals surface area (Å²) < 4.78 is 5.15. The summed E-state index contributed by atoms with van der Waals surface area (Å²) in [4.78, 5) is 27.0. The lowest BCUT2D eigenvalue weighted by Crippen LogP contribution is -2.50. The second-order valence-corrected chi connectivity index (χ2v) is 6.61. The second kappa shape index (κ2) is 8.34. The summed E-state index contributed by atoms with van der Waals surface area (Å²) in [6, 6.07) is 7.22. The Labute approximate surface area is 149 Å². The van der Waals surface area contributed by atoms with Crippen LogP contribution in [0.1, 0.15) is 38.7 Å². The molecule has 1 fully saturated rings. The van der Waals surface area contributed by atoms with Crippen molar-refractivity contribution in [2.24, 2.45) is 11.1 Å². The topological polar surface area (TPSA) is 84.7 Å². The first-order valence-electron chi connectivity index (χ1n) is 8.92. The van der Waals surface area contributed by atoms with Gasteiger partial charge in [0.15, 0.2) is 0 Å². The molecule has 0 aromatic heterocycles. The van der Waals surface area contributed by atoms with Crippen LogP contribution in [-0.2, 0) is 16.1 Å². The summed E-state index contributed by atoms with van der Waals surface area (Å²) >= 11 is 0. The van der Waals surface area contributed by atoms with Crippen LogP contribution in [0.4, 0.5) is 0 Å². The number of rotatable bonds is 8. The Morgan fingerprint density at radius 2 is 1.96 bits per heavy atom. The number of carbonyl (C=O) groups excluding carboxylic acids is 2. The molecule has 0 bridgehead atoms. The molecule has 25 heavy (non-hydrogen) atoms. The van der Waals surface area contributed by atoms with E-state index in [-0.39, 0.29) is 11.8 Å². The molecular weight excluding hydrogens is 318 g/mol. The molecule has 138 valence electrons. The van der Waals surface area contributed by atoms with Crippen LogP contribution in [0.25, 0.3) is 0 Å². The molecule has 0 radical (unpaired) electrons. The molecule has 1 saturated heterocycles. The van der Waals surface area contributed by atoms with Gasteiger partial charge in [-0.3, -0.25) is 9.59 Å². The van der Waals surface area contributed by atoms with Crippen molar-refractivity contribution >= 4 is 11.8 Å². The summed E-state index contributed by atoms with van der Waals surface area (Å²) in [5.41, 5.74) is 6.29. The Bertz CT molecular complexity index is 588. The number of hydrogen-bond donors (Lipinski definition) is 2. The summed E-state index contributed by atoms with van der Waals surface area (Å²) in [5.74, 6) is 0.658. The molecule has 1 heterocycles. The van der Waals surface area contributed by atoms with Crippen molar-refractivity contribution in [2.75, 3.05) is 20.2 Å². The normalized spacial score (nSPS) is 17.7. The van der Waals surface area contributed by atoms with Gasteiger partial charge >= 0.3 is 0 Å². The van der Waals surface area contributed by atoms with Gasteiger partial charge in [0.25, 0.3) is 0 Å². The largest absolute Gasteiger partial charge is 0.497 e. The third kappa shape index (κ3) is 4.12. The van der Waals surface area contributed by atoms with E-state index in [0.717, 1.165) is 11.3 Å². The maximum Gasteiger partial charge on any atom is 0.245 e. The number of methoxy groups -OCH3 is 1. The van der Waals surface area contributed by atoms with E-state index < -0.39 is 11.5 Å². The van der Waals surface area contributed by atoms with Gasteiger partial charge in [-0.1, -0.05) is 26.0 Å². The maximum atomic E-state index is 12.6. The minimum atomic E-state index is -0.580. The number of hydrogen-bond acceptors (Lipinski definition) is 4. The van der Waals surface area contributed by atoms with Crippen molar-refractivity contribution in [2.45, 2.75) is 45.7 Å². The minimum Gasteiger partial charge on any atom is -0.497 e. The predicted molar refractivity (Wildman–Crippen MR) is 97.0 cm³/mol. The van der Waals surface area contributed by atoms with Crippen LogP contribution in [0, 0.1) is 5.41 Å². The molecule has 1 aliphatic heterocycles. The Morgan fingerprint density at radius 1 is 1.32 bits per heavy atom. The van der Waals surface area contributed by atoms with Crippen molar-refractivity contribution in [1.82, 2.24) is 10.2 Å². The highest BCUT2D eigenvalue weighted by Gasteiger charge is 2.38. The van der Waals surface area contributed by atoms with E-state index in [1.165, 1.54) is 0 Å². The first-order valence-corrected chi connectivity index (χ1v) is 8.92. The van der Waals surface area contributed by atoms with Crippen molar-refractivity contribution in [1.29, 1.82) is 0 Å². The van der Waals surface area contributed by atoms with Crippen LogP contribution < -0.4 is 15.8 Å². The molecule has 1 aromatic carbocycles. The molecular formula is C19H29N3O3. The van der Waals surface area contributed by atoms with E-state index in [0.29, 0.717) is 38.9 Å². The van der Waals surface area contributed by atoms with Crippen molar-refractivity contribution in [3.8, 4) is 5.75 Å². The van der Waals surface area contributed by atoms with Gasteiger partial charge in [0.05, 0.1) is 12.5 Å². The van der Waals surface area contributed by atoms with Gasteiger partial charge in [-0.15, -0.1) is 0 Å². The van der Waals surface area contributed by atoms with E-state index in [1.54, 1.807) is 12.0 Å². The maximum absolute atomic E-state index is 12.6. The number of benzene rings is 1. The van der Waals surface area contributed by atoms with Crippen LogP contribution in [0.5, 0.6) is 5.75 Å². The standard InChI is InChI=1S/C19H29N3O3/c1-4-19(5-2,13-20)18(24)21-16-10-11-22(17(16)23)12-14-6-8-15(25-3)9-7-14/h6-9,16H,4-5,10-13,20H2,1-3H3,(H,21,24). The molecule has 0 aliphatic carbocycles. The fourth-order valence-electron chi connectivity index (χ4n) is 3.25. The smallest absolute Gasteiger partial charge is 0.245 e. The first-order chi connectivity index (χ1) is 12.0. The summed E-state index contributed by atoms with van der Waals surface area (Å²) in [6.07, 6.45) is 1.97. The third-order valence-electron chi connectivity index (χ3n) is 5.36. The average Bonchev–Trinajstić information content (AvgIpc) is 2.98. The molecule has 6 nitrogen and oxygen atoms in total. The fourth-order valence-corrected chi connectivity index (χ4v) is 3.25.